The molecule has 8 heteroatoms. The summed E-state index contributed by atoms with van der Waals surface area (Å²) in [5.41, 5.74) is 5.11. The minimum Gasteiger partial charge on any atom is -0.384 e. The first-order valence-corrected chi connectivity index (χ1v) is 6.37. The van der Waals surface area contributed by atoms with Gasteiger partial charge in [0.05, 0.1) is 5.56 Å². The molecule has 0 atom stereocenters. The predicted octanol–water partition coefficient (Wildman–Crippen LogP) is 0.317. The SMILES string of the molecule is Cn1c(N)c(/C=N/C(=O)Nc2ccccc2)c(=O)n(C)c1=O. The van der Waals surface area contributed by atoms with Gasteiger partial charge in [-0.25, -0.2) is 14.6 Å². The maximum Gasteiger partial charge on any atom is 0.345 e. The van der Waals surface area contributed by atoms with E-state index in [1.165, 1.54) is 14.1 Å². The van der Waals surface area contributed by atoms with Gasteiger partial charge < -0.3 is 11.1 Å². The van der Waals surface area contributed by atoms with Gasteiger partial charge in [-0.1, -0.05) is 18.2 Å². The van der Waals surface area contributed by atoms with Crippen LogP contribution in [-0.4, -0.2) is 21.4 Å². The van der Waals surface area contributed by atoms with Crippen molar-refractivity contribution in [1.82, 2.24) is 9.13 Å². The molecule has 1 aromatic carbocycles. The van der Waals surface area contributed by atoms with Gasteiger partial charge in [-0.3, -0.25) is 13.9 Å². The van der Waals surface area contributed by atoms with Gasteiger partial charge >= 0.3 is 11.7 Å². The van der Waals surface area contributed by atoms with Crippen LogP contribution in [0.25, 0.3) is 0 Å². The van der Waals surface area contributed by atoms with Crippen LogP contribution in [0.3, 0.4) is 0 Å². The van der Waals surface area contributed by atoms with Crippen molar-refractivity contribution in [3.8, 4) is 0 Å². The van der Waals surface area contributed by atoms with Gasteiger partial charge in [0.2, 0.25) is 0 Å². The maximum absolute atomic E-state index is 12.0. The molecule has 0 aliphatic rings. The molecular formula is C14H15N5O3. The molecule has 0 saturated heterocycles. The van der Waals surface area contributed by atoms with E-state index in [-0.39, 0.29) is 11.4 Å². The van der Waals surface area contributed by atoms with Crippen LogP contribution < -0.4 is 22.3 Å². The van der Waals surface area contributed by atoms with Gasteiger partial charge in [0.15, 0.2) is 0 Å². The number of hydrogen-bond donors (Lipinski definition) is 2. The molecule has 3 N–H and O–H groups in total. The number of carbonyl (C=O) groups excluding carboxylic acids is 1. The summed E-state index contributed by atoms with van der Waals surface area (Å²) in [6, 6.07) is 8.09. The molecule has 0 aliphatic carbocycles. The van der Waals surface area contributed by atoms with Crippen molar-refractivity contribution in [2.75, 3.05) is 11.1 Å². The first-order chi connectivity index (χ1) is 10.4. The lowest BCUT2D eigenvalue weighted by atomic mass is 10.3. The highest BCUT2D eigenvalue weighted by molar-refractivity contribution is 5.99. The van der Waals surface area contributed by atoms with Gasteiger partial charge in [-0.15, -0.1) is 0 Å². The van der Waals surface area contributed by atoms with E-state index in [2.05, 4.69) is 10.3 Å². The normalized spacial score (nSPS) is 10.8. The molecule has 2 aromatic rings. The molecule has 1 aromatic heterocycles. The average molecular weight is 301 g/mol. The van der Waals surface area contributed by atoms with Crippen LogP contribution in [0.1, 0.15) is 5.56 Å². The van der Waals surface area contributed by atoms with E-state index in [1.54, 1.807) is 24.3 Å². The van der Waals surface area contributed by atoms with Gasteiger partial charge in [0, 0.05) is 26.0 Å². The van der Waals surface area contributed by atoms with E-state index in [0.29, 0.717) is 5.69 Å². The Morgan fingerprint density at radius 2 is 1.82 bits per heavy atom. The third kappa shape index (κ3) is 2.95. The fraction of sp³-hybridized carbons (Fsp3) is 0.143. The van der Waals surface area contributed by atoms with Crippen LogP contribution in [0, 0.1) is 0 Å². The Labute approximate surface area is 125 Å². The summed E-state index contributed by atoms with van der Waals surface area (Å²) < 4.78 is 2.00. The van der Waals surface area contributed by atoms with E-state index in [0.717, 1.165) is 15.3 Å². The molecule has 8 nitrogen and oxygen atoms in total. The van der Waals surface area contributed by atoms with E-state index in [1.807, 2.05) is 6.07 Å². The molecule has 1 heterocycles. The number of anilines is 2. The molecule has 0 fully saturated rings. The molecule has 2 rings (SSSR count). The number of nitrogens with one attached hydrogen (secondary N) is 1. The number of hydrogen-bond acceptors (Lipinski definition) is 4. The van der Waals surface area contributed by atoms with Crippen molar-refractivity contribution in [3.05, 3.63) is 56.7 Å². The monoisotopic (exact) mass is 301 g/mol. The molecular weight excluding hydrogens is 286 g/mol. The molecule has 0 spiro atoms. The highest BCUT2D eigenvalue weighted by atomic mass is 16.2. The number of nitrogens with two attached hydrogens (primary N) is 1. The zero-order chi connectivity index (χ0) is 16.3. The number of urea groups is 1. The van der Waals surface area contributed by atoms with Crippen molar-refractivity contribution in [2.24, 2.45) is 19.1 Å². The third-order valence-corrected chi connectivity index (χ3v) is 3.08. The molecule has 0 aliphatic heterocycles. The lowest BCUT2D eigenvalue weighted by molar-refractivity contribution is 0.259. The number of rotatable bonds is 2. The topological polar surface area (TPSA) is 111 Å². The van der Waals surface area contributed by atoms with E-state index in [4.69, 9.17) is 5.73 Å². The lowest BCUT2D eigenvalue weighted by Gasteiger charge is -2.08. The van der Waals surface area contributed by atoms with E-state index >= 15 is 0 Å². The van der Waals surface area contributed by atoms with Crippen LogP contribution in [0.4, 0.5) is 16.3 Å². The number of nitrogens with zero attached hydrogens (tertiary/aromatic N) is 3. The third-order valence-electron chi connectivity index (χ3n) is 3.08. The van der Waals surface area contributed by atoms with Crippen LogP contribution >= 0.6 is 0 Å². The predicted molar refractivity (Wildman–Crippen MR) is 84.4 cm³/mol. The zero-order valence-electron chi connectivity index (χ0n) is 12.1. The minimum atomic E-state index is -0.651. The molecule has 114 valence electrons. The number of aromatic nitrogens is 2. The second kappa shape index (κ2) is 6.08. The Morgan fingerprint density at radius 3 is 2.45 bits per heavy atom. The van der Waals surface area contributed by atoms with Crippen LogP contribution in [-0.2, 0) is 14.1 Å². The Bertz CT molecular complexity index is 849. The van der Waals surface area contributed by atoms with E-state index in [9.17, 15) is 14.4 Å². The Morgan fingerprint density at radius 1 is 1.18 bits per heavy atom. The number of para-hydroxylation sites is 1. The van der Waals surface area contributed by atoms with Crippen LogP contribution in [0.5, 0.6) is 0 Å². The standard InChI is InChI=1S/C14H15N5O3/c1-18-11(15)10(12(20)19(2)14(18)22)8-16-13(21)17-9-6-4-3-5-7-9/h3-8H,15H2,1-2H3,(H,17,21)/b16-8+. The highest BCUT2D eigenvalue weighted by Crippen LogP contribution is 2.05. The smallest absolute Gasteiger partial charge is 0.345 e. The van der Waals surface area contributed by atoms with Gasteiger partial charge in [0.1, 0.15) is 5.82 Å². The second-order valence-corrected chi connectivity index (χ2v) is 4.56. The summed E-state index contributed by atoms with van der Waals surface area (Å²) in [6.07, 6.45) is 1.05. The summed E-state index contributed by atoms with van der Waals surface area (Å²) in [4.78, 5) is 39.0. The van der Waals surface area contributed by atoms with Crippen molar-refractivity contribution < 1.29 is 4.79 Å². The van der Waals surface area contributed by atoms with Crippen LogP contribution in [0.15, 0.2) is 44.9 Å². The Kier molecular flexibility index (Phi) is 4.21. The summed E-state index contributed by atoms with van der Waals surface area (Å²) in [5, 5.41) is 2.54. The average Bonchev–Trinajstić information content (AvgIpc) is 2.52. The summed E-state index contributed by atoms with van der Waals surface area (Å²) in [7, 11) is 2.75. The second-order valence-electron chi connectivity index (χ2n) is 4.56. The Hall–Kier alpha value is -3.16. The minimum absolute atomic E-state index is 0.0205. The summed E-state index contributed by atoms with van der Waals surface area (Å²) in [6.45, 7) is 0. The number of benzene rings is 1. The quantitative estimate of drug-likeness (QED) is 0.778. The Balaban J connectivity index is 2.30. The number of aliphatic imine (C=N–C) groups is 1. The fourth-order valence-corrected chi connectivity index (χ4v) is 1.81. The molecule has 22 heavy (non-hydrogen) atoms. The van der Waals surface area contributed by atoms with Gasteiger partial charge in [-0.05, 0) is 12.1 Å². The lowest BCUT2D eigenvalue weighted by Crippen LogP contribution is -2.40. The molecule has 0 unspecified atom stereocenters. The summed E-state index contributed by atoms with van der Waals surface area (Å²) >= 11 is 0. The van der Waals surface area contributed by atoms with Crippen molar-refractivity contribution in [3.63, 3.8) is 0 Å². The largest absolute Gasteiger partial charge is 0.384 e. The molecule has 2 amide bonds. The first kappa shape index (κ1) is 15.2. The number of carbonyl (C=O) groups is 1. The molecule has 0 saturated carbocycles. The highest BCUT2D eigenvalue weighted by Gasteiger charge is 2.11. The number of nitrogen functional groups attached to an aromatic ring is 1. The number of amides is 2. The van der Waals surface area contributed by atoms with Gasteiger partial charge in [-0.2, -0.15) is 0 Å². The van der Waals surface area contributed by atoms with E-state index < -0.39 is 17.3 Å². The summed E-state index contributed by atoms with van der Waals surface area (Å²) in [5.74, 6) is -0.0515. The zero-order valence-corrected chi connectivity index (χ0v) is 12.1. The first-order valence-electron chi connectivity index (χ1n) is 6.37. The van der Waals surface area contributed by atoms with Crippen molar-refractivity contribution in [1.29, 1.82) is 0 Å². The van der Waals surface area contributed by atoms with Crippen molar-refractivity contribution in [2.45, 2.75) is 0 Å². The van der Waals surface area contributed by atoms with Gasteiger partial charge in [0.25, 0.3) is 5.56 Å². The fourth-order valence-electron chi connectivity index (χ4n) is 1.81. The molecule has 0 bridgehead atoms. The maximum atomic E-state index is 12.0. The van der Waals surface area contributed by atoms with Crippen molar-refractivity contribution >= 4 is 23.8 Å². The van der Waals surface area contributed by atoms with Crippen LogP contribution in [0.2, 0.25) is 0 Å². The molecule has 0 radical (unpaired) electrons.